The highest BCUT2D eigenvalue weighted by atomic mass is 16.1. The molecule has 0 aliphatic carbocycles. The van der Waals surface area contributed by atoms with Gasteiger partial charge in [-0.25, -0.2) is 4.79 Å². The Balaban J connectivity index is 2.50. The van der Waals surface area contributed by atoms with Crippen LogP contribution in [0, 0.1) is 6.92 Å². The molecule has 0 saturated heterocycles. The molecule has 3 heteroatoms. The summed E-state index contributed by atoms with van der Waals surface area (Å²) in [5, 5.41) is 0. The van der Waals surface area contributed by atoms with Gasteiger partial charge in [0.25, 0.3) is 0 Å². The van der Waals surface area contributed by atoms with Crippen LogP contribution in [0.4, 0.5) is 0 Å². The number of allylic oxidation sites excluding steroid dienone is 4. The Bertz CT molecular complexity index is 684. The quantitative estimate of drug-likeness (QED) is 0.833. The molecule has 1 aromatic carbocycles. The number of H-pyrrole nitrogens is 1. The van der Waals surface area contributed by atoms with Crippen LogP contribution < -0.4 is 5.69 Å². The van der Waals surface area contributed by atoms with Gasteiger partial charge in [-0.05, 0) is 24.6 Å². The highest BCUT2D eigenvalue weighted by Crippen LogP contribution is 2.14. The third-order valence-corrected chi connectivity index (χ3v) is 2.86. The Morgan fingerprint density at radius 1 is 1.26 bits per heavy atom. The summed E-state index contributed by atoms with van der Waals surface area (Å²) in [6.45, 7) is 9.39. The van der Waals surface area contributed by atoms with Gasteiger partial charge in [-0.3, -0.25) is 4.57 Å². The Kier molecular flexibility index (Phi) is 3.66. The fraction of sp³-hybridized carbons (Fsp3) is 0.0625. The molecule has 3 nitrogen and oxygen atoms in total. The molecule has 1 heterocycles. The second-order valence-corrected chi connectivity index (χ2v) is 4.24. The van der Waals surface area contributed by atoms with Crippen molar-refractivity contribution in [3.63, 3.8) is 0 Å². The second-order valence-electron chi connectivity index (χ2n) is 4.24. The van der Waals surface area contributed by atoms with E-state index in [4.69, 9.17) is 0 Å². The van der Waals surface area contributed by atoms with Crippen molar-refractivity contribution >= 4 is 5.57 Å². The summed E-state index contributed by atoms with van der Waals surface area (Å²) in [4.78, 5) is 14.8. The lowest BCUT2D eigenvalue weighted by Crippen LogP contribution is -2.13. The minimum Gasteiger partial charge on any atom is -0.305 e. The third kappa shape index (κ3) is 2.65. The molecule has 0 saturated carbocycles. The standard InChI is InChI=1S/C16H16N2O/c1-4-6-13(5-2)15-11-18(16(19)17-15)14-9-7-12(3)8-10-14/h4-11H,1-2H2,3H3,(H,17,19)/b13-6+. The Hall–Kier alpha value is -2.55. The normalized spacial score (nSPS) is 11.3. The summed E-state index contributed by atoms with van der Waals surface area (Å²) in [5.74, 6) is 0. The topological polar surface area (TPSA) is 37.8 Å². The van der Waals surface area contributed by atoms with Crippen molar-refractivity contribution in [3.8, 4) is 5.69 Å². The number of aryl methyl sites for hydroxylation is 1. The van der Waals surface area contributed by atoms with Crippen LogP contribution in [0.25, 0.3) is 11.3 Å². The van der Waals surface area contributed by atoms with Crippen LogP contribution in [-0.4, -0.2) is 9.55 Å². The summed E-state index contributed by atoms with van der Waals surface area (Å²) in [6, 6.07) is 7.78. The molecule has 0 spiro atoms. The molecule has 0 radical (unpaired) electrons. The zero-order valence-corrected chi connectivity index (χ0v) is 10.9. The van der Waals surface area contributed by atoms with Gasteiger partial charge in [0, 0.05) is 6.20 Å². The van der Waals surface area contributed by atoms with Gasteiger partial charge in [-0.1, -0.05) is 49.1 Å². The van der Waals surface area contributed by atoms with E-state index in [-0.39, 0.29) is 5.69 Å². The number of hydrogen-bond donors (Lipinski definition) is 1. The van der Waals surface area contributed by atoms with Crippen LogP contribution in [0.3, 0.4) is 0 Å². The summed E-state index contributed by atoms with van der Waals surface area (Å²) >= 11 is 0. The average Bonchev–Trinajstić information content (AvgIpc) is 2.79. The van der Waals surface area contributed by atoms with E-state index in [0.29, 0.717) is 0 Å². The van der Waals surface area contributed by atoms with E-state index in [9.17, 15) is 4.79 Å². The van der Waals surface area contributed by atoms with Gasteiger partial charge in [0.05, 0.1) is 11.4 Å². The van der Waals surface area contributed by atoms with Crippen molar-refractivity contribution in [1.29, 1.82) is 0 Å². The van der Waals surface area contributed by atoms with Crippen molar-refractivity contribution in [3.05, 3.63) is 83.6 Å². The molecule has 2 aromatic rings. The van der Waals surface area contributed by atoms with E-state index in [1.807, 2.05) is 31.2 Å². The lowest BCUT2D eigenvalue weighted by atomic mass is 10.2. The third-order valence-electron chi connectivity index (χ3n) is 2.86. The molecule has 19 heavy (non-hydrogen) atoms. The predicted octanol–water partition coefficient (Wildman–Crippen LogP) is 3.23. The molecule has 0 unspecified atom stereocenters. The maximum Gasteiger partial charge on any atom is 0.330 e. The first-order valence-electron chi connectivity index (χ1n) is 6.00. The molecular weight excluding hydrogens is 236 g/mol. The largest absolute Gasteiger partial charge is 0.330 e. The first kappa shape index (κ1) is 12.9. The molecule has 0 fully saturated rings. The van der Waals surface area contributed by atoms with E-state index in [2.05, 4.69) is 18.1 Å². The average molecular weight is 252 g/mol. The SMILES string of the molecule is C=C/C=C(\C=C)c1cn(-c2ccc(C)cc2)c(=O)[nH]1. The fourth-order valence-electron chi connectivity index (χ4n) is 1.83. The Morgan fingerprint density at radius 3 is 2.53 bits per heavy atom. The van der Waals surface area contributed by atoms with E-state index in [1.165, 1.54) is 0 Å². The second kappa shape index (κ2) is 5.40. The number of imidazole rings is 1. The first-order valence-corrected chi connectivity index (χ1v) is 6.00. The van der Waals surface area contributed by atoms with Crippen LogP contribution >= 0.6 is 0 Å². The molecule has 2 rings (SSSR count). The van der Waals surface area contributed by atoms with Gasteiger partial charge in [0.15, 0.2) is 0 Å². The maximum absolute atomic E-state index is 12.0. The van der Waals surface area contributed by atoms with E-state index in [1.54, 1.807) is 29.0 Å². The molecule has 0 aliphatic heterocycles. The van der Waals surface area contributed by atoms with Crippen LogP contribution in [-0.2, 0) is 0 Å². The zero-order valence-electron chi connectivity index (χ0n) is 10.9. The summed E-state index contributed by atoms with van der Waals surface area (Å²) < 4.78 is 1.58. The first-order chi connectivity index (χ1) is 9.15. The lowest BCUT2D eigenvalue weighted by molar-refractivity contribution is 0.986. The van der Waals surface area contributed by atoms with Crippen LogP contribution in [0.2, 0.25) is 0 Å². The van der Waals surface area contributed by atoms with Crippen molar-refractivity contribution < 1.29 is 0 Å². The van der Waals surface area contributed by atoms with E-state index < -0.39 is 0 Å². The highest BCUT2D eigenvalue weighted by Gasteiger charge is 2.06. The maximum atomic E-state index is 12.0. The zero-order chi connectivity index (χ0) is 13.8. The van der Waals surface area contributed by atoms with Gasteiger partial charge in [0.1, 0.15) is 0 Å². The summed E-state index contributed by atoms with van der Waals surface area (Å²) in [7, 11) is 0. The van der Waals surface area contributed by atoms with Gasteiger partial charge < -0.3 is 4.98 Å². The monoisotopic (exact) mass is 252 g/mol. The number of aromatic amines is 1. The van der Waals surface area contributed by atoms with Gasteiger partial charge >= 0.3 is 5.69 Å². The van der Waals surface area contributed by atoms with E-state index in [0.717, 1.165) is 22.5 Å². The minimum atomic E-state index is -0.171. The molecule has 1 aromatic heterocycles. The van der Waals surface area contributed by atoms with Crippen LogP contribution in [0.1, 0.15) is 11.3 Å². The molecule has 0 bridgehead atoms. The van der Waals surface area contributed by atoms with Crippen molar-refractivity contribution in [2.24, 2.45) is 0 Å². The molecular formula is C16H16N2O. The fourth-order valence-corrected chi connectivity index (χ4v) is 1.83. The smallest absolute Gasteiger partial charge is 0.305 e. The summed E-state index contributed by atoms with van der Waals surface area (Å²) in [6.07, 6.45) is 6.92. The number of aromatic nitrogens is 2. The highest BCUT2D eigenvalue weighted by molar-refractivity contribution is 5.72. The number of hydrogen-bond acceptors (Lipinski definition) is 1. The van der Waals surface area contributed by atoms with Crippen molar-refractivity contribution in [1.82, 2.24) is 9.55 Å². The Morgan fingerprint density at radius 2 is 1.95 bits per heavy atom. The molecule has 0 atom stereocenters. The molecule has 96 valence electrons. The Labute approximate surface area is 112 Å². The van der Waals surface area contributed by atoms with Gasteiger partial charge in [-0.15, -0.1) is 0 Å². The number of nitrogens with zero attached hydrogens (tertiary/aromatic N) is 1. The minimum absolute atomic E-state index is 0.171. The van der Waals surface area contributed by atoms with Gasteiger partial charge in [0.2, 0.25) is 0 Å². The van der Waals surface area contributed by atoms with Crippen molar-refractivity contribution in [2.45, 2.75) is 6.92 Å². The van der Waals surface area contributed by atoms with Crippen molar-refractivity contribution in [2.75, 3.05) is 0 Å². The van der Waals surface area contributed by atoms with Gasteiger partial charge in [-0.2, -0.15) is 0 Å². The summed E-state index contributed by atoms with van der Waals surface area (Å²) in [5.41, 5.74) is 3.38. The number of benzene rings is 1. The molecule has 0 amide bonds. The number of rotatable bonds is 4. The lowest BCUT2D eigenvalue weighted by Gasteiger charge is -2.01. The van der Waals surface area contributed by atoms with Crippen LogP contribution in [0.15, 0.2) is 66.6 Å². The van der Waals surface area contributed by atoms with E-state index >= 15 is 0 Å². The number of nitrogens with one attached hydrogen (secondary N) is 1. The molecule has 1 N–H and O–H groups in total. The van der Waals surface area contributed by atoms with Crippen LogP contribution in [0.5, 0.6) is 0 Å². The predicted molar refractivity (Wildman–Crippen MR) is 79.5 cm³/mol. The molecule has 0 aliphatic rings.